The monoisotopic (exact) mass is 222 g/mol. The van der Waals surface area contributed by atoms with E-state index in [0.29, 0.717) is 6.04 Å². The summed E-state index contributed by atoms with van der Waals surface area (Å²) < 4.78 is 2.08. The van der Waals surface area contributed by atoms with Gasteiger partial charge in [0.1, 0.15) is 0 Å². The molecule has 4 nitrogen and oxygen atoms in total. The second-order valence-corrected chi connectivity index (χ2v) is 5.59. The Bertz CT molecular complexity index is 356. The second-order valence-electron chi connectivity index (χ2n) is 5.59. The van der Waals surface area contributed by atoms with Crippen molar-refractivity contribution in [3.8, 4) is 0 Å². The highest BCUT2D eigenvalue weighted by Crippen LogP contribution is 2.28. The third-order valence-corrected chi connectivity index (χ3v) is 3.69. The van der Waals surface area contributed by atoms with Crippen molar-refractivity contribution in [2.45, 2.75) is 32.9 Å². The fraction of sp³-hybridized carbons (Fsp3) is 0.750. The van der Waals surface area contributed by atoms with Crippen LogP contribution >= 0.6 is 0 Å². The van der Waals surface area contributed by atoms with Crippen LogP contribution in [-0.4, -0.2) is 33.6 Å². The molecule has 2 N–H and O–H groups in total. The molecule has 0 amide bonds. The summed E-state index contributed by atoms with van der Waals surface area (Å²) in [6.45, 7) is 7.65. The van der Waals surface area contributed by atoms with E-state index in [2.05, 4.69) is 28.3 Å². The van der Waals surface area contributed by atoms with E-state index >= 15 is 0 Å². The van der Waals surface area contributed by atoms with Crippen LogP contribution in [0.3, 0.4) is 0 Å². The minimum Gasteiger partial charge on any atom is -0.337 e. The molecule has 1 fully saturated rings. The topological polar surface area (TPSA) is 47.1 Å². The van der Waals surface area contributed by atoms with Crippen LogP contribution in [0.2, 0.25) is 0 Å². The maximum Gasteiger partial charge on any atom is 0.0945 e. The molecule has 0 radical (unpaired) electrons. The number of piperidine rings is 1. The van der Waals surface area contributed by atoms with Crippen molar-refractivity contribution in [3.05, 3.63) is 18.2 Å². The standard InChI is InChI=1S/C12H22N4/c1-12(2)8-16(5-4-11(12)13)7-10-6-14-9-15(10)3/h6,9,11H,4-5,7-8,13H2,1-3H3. The Morgan fingerprint density at radius 2 is 2.31 bits per heavy atom. The van der Waals surface area contributed by atoms with Crippen LogP contribution in [0, 0.1) is 5.41 Å². The van der Waals surface area contributed by atoms with Crippen LogP contribution in [0.4, 0.5) is 0 Å². The van der Waals surface area contributed by atoms with Crippen molar-refractivity contribution >= 4 is 0 Å². The summed E-state index contributed by atoms with van der Waals surface area (Å²) in [5, 5.41) is 0. The maximum atomic E-state index is 6.13. The molecule has 0 spiro atoms. The van der Waals surface area contributed by atoms with Gasteiger partial charge in [0.25, 0.3) is 0 Å². The average Bonchev–Trinajstić information content (AvgIpc) is 2.58. The Morgan fingerprint density at radius 1 is 1.56 bits per heavy atom. The summed E-state index contributed by atoms with van der Waals surface area (Å²) in [6, 6.07) is 0.329. The third kappa shape index (κ3) is 2.28. The van der Waals surface area contributed by atoms with Gasteiger partial charge in [-0.25, -0.2) is 4.98 Å². The zero-order chi connectivity index (χ0) is 11.8. The van der Waals surface area contributed by atoms with Gasteiger partial charge in [0.15, 0.2) is 0 Å². The molecule has 0 aliphatic carbocycles. The summed E-state index contributed by atoms with van der Waals surface area (Å²) in [5.41, 5.74) is 7.62. The molecule has 1 saturated heterocycles. The van der Waals surface area contributed by atoms with Crippen LogP contribution in [0.15, 0.2) is 12.5 Å². The molecule has 1 unspecified atom stereocenters. The molecule has 1 aliphatic rings. The molecule has 1 atom stereocenters. The van der Waals surface area contributed by atoms with E-state index in [-0.39, 0.29) is 5.41 Å². The minimum atomic E-state index is 0.219. The van der Waals surface area contributed by atoms with Gasteiger partial charge in [0.05, 0.1) is 12.0 Å². The summed E-state index contributed by atoms with van der Waals surface area (Å²) >= 11 is 0. The van der Waals surface area contributed by atoms with Crippen molar-refractivity contribution in [1.29, 1.82) is 0 Å². The van der Waals surface area contributed by atoms with E-state index in [1.807, 2.05) is 19.6 Å². The SMILES string of the molecule is Cn1cncc1CN1CCC(N)C(C)(C)C1. The summed E-state index contributed by atoms with van der Waals surface area (Å²) in [4.78, 5) is 6.62. The van der Waals surface area contributed by atoms with Crippen LogP contribution in [0.5, 0.6) is 0 Å². The lowest BCUT2D eigenvalue weighted by Gasteiger charge is -2.42. The van der Waals surface area contributed by atoms with Gasteiger partial charge in [-0.05, 0) is 11.8 Å². The molecule has 90 valence electrons. The van der Waals surface area contributed by atoms with Crippen molar-refractivity contribution in [2.75, 3.05) is 13.1 Å². The van der Waals surface area contributed by atoms with Crippen LogP contribution in [-0.2, 0) is 13.6 Å². The van der Waals surface area contributed by atoms with Gasteiger partial charge in [-0.3, -0.25) is 4.90 Å². The number of imidazole rings is 1. The van der Waals surface area contributed by atoms with Crippen LogP contribution in [0.25, 0.3) is 0 Å². The lowest BCUT2D eigenvalue weighted by atomic mass is 9.80. The highest BCUT2D eigenvalue weighted by atomic mass is 15.2. The van der Waals surface area contributed by atoms with Crippen molar-refractivity contribution in [2.24, 2.45) is 18.2 Å². The van der Waals surface area contributed by atoms with E-state index < -0.39 is 0 Å². The molecular formula is C12H22N4. The van der Waals surface area contributed by atoms with E-state index in [9.17, 15) is 0 Å². The number of nitrogens with two attached hydrogens (primary N) is 1. The largest absolute Gasteiger partial charge is 0.337 e. The normalized spacial score (nSPS) is 25.9. The Hall–Kier alpha value is -0.870. The van der Waals surface area contributed by atoms with Crippen molar-refractivity contribution < 1.29 is 0 Å². The third-order valence-electron chi connectivity index (χ3n) is 3.69. The van der Waals surface area contributed by atoms with Gasteiger partial charge in [-0.15, -0.1) is 0 Å². The molecule has 2 rings (SSSR count). The smallest absolute Gasteiger partial charge is 0.0945 e. The average molecular weight is 222 g/mol. The highest BCUT2D eigenvalue weighted by molar-refractivity contribution is 4.99. The van der Waals surface area contributed by atoms with Gasteiger partial charge in [-0.2, -0.15) is 0 Å². The number of hydrogen-bond donors (Lipinski definition) is 1. The van der Waals surface area contributed by atoms with Crippen LogP contribution in [0.1, 0.15) is 26.0 Å². The van der Waals surface area contributed by atoms with Gasteiger partial charge < -0.3 is 10.3 Å². The molecular weight excluding hydrogens is 200 g/mol. The molecule has 1 aliphatic heterocycles. The summed E-state index contributed by atoms with van der Waals surface area (Å²) in [7, 11) is 2.04. The Balaban J connectivity index is 2.00. The summed E-state index contributed by atoms with van der Waals surface area (Å²) in [5.74, 6) is 0. The fourth-order valence-electron chi connectivity index (χ4n) is 2.39. The highest BCUT2D eigenvalue weighted by Gasteiger charge is 2.33. The van der Waals surface area contributed by atoms with E-state index in [1.165, 1.54) is 5.69 Å². The number of nitrogens with zero attached hydrogens (tertiary/aromatic N) is 3. The molecule has 4 heteroatoms. The number of likely N-dealkylation sites (tertiary alicyclic amines) is 1. The van der Waals surface area contributed by atoms with Gasteiger partial charge in [-0.1, -0.05) is 13.8 Å². The number of hydrogen-bond acceptors (Lipinski definition) is 3. The Morgan fingerprint density at radius 3 is 2.88 bits per heavy atom. The van der Waals surface area contributed by atoms with E-state index in [1.54, 1.807) is 0 Å². The zero-order valence-electron chi connectivity index (χ0n) is 10.5. The quantitative estimate of drug-likeness (QED) is 0.811. The lowest BCUT2D eigenvalue weighted by Crippen LogP contribution is -2.52. The fourth-order valence-corrected chi connectivity index (χ4v) is 2.39. The first-order valence-electron chi connectivity index (χ1n) is 5.92. The maximum absolute atomic E-state index is 6.13. The molecule has 0 aromatic carbocycles. The molecule has 1 aromatic rings. The Labute approximate surface area is 97.4 Å². The van der Waals surface area contributed by atoms with Crippen molar-refractivity contribution in [1.82, 2.24) is 14.5 Å². The molecule has 0 saturated carbocycles. The van der Waals surface area contributed by atoms with Crippen LogP contribution < -0.4 is 5.73 Å². The number of aromatic nitrogens is 2. The minimum absolute atomic E-state index is 0.219. The predicted molar refractivity (Wildman–Crippen MR) is 64.9 cm³/mol. The lowest BCUT2D eigenvalue weighted by molar-refractivity contribution is 0.0882. The molecule has 16 heavy (non-hydrogen) atoms. The second kappa shape index (κ2) is 4.18. The number of rotatable bonds is 2. The predicted octanol–water partition coefficient (Wildman–Crippen LogP) is 0.979. The number of aryl methyl sites for hydroxylation is 1. The van der Waals surface area contributed by atoms with Gasteiger partial charge in [0, 0.05) is 38.9 Å². The molecule has 2 heterocycles. The first-order valence-corrected chi connectivity index (χ1v) is 5.92. The first kappa shape index (κ1) is 11.6. The Kier molecular flexibility index (Phi) is 3.04. The van der Waals surface area contributed by atoms with E-state index in [0.717, 1.165) is 26.1 Å². The first-order chi connectivity index (χ1) is 7.49. The zero-order valence-corrected chi connectivity index (χ0v) is 10.5. The van der Waals surface area contributed by atoms with E-state index in [4.69, 9.17) is 5.73 Å². The van der Waals surface area contributed by atoms with Crippen molar-refractivity contribution in [3.63, 3.8) is 0 Å². The molecule has 0 bridgehead atoms. The molecule has 1 aromatic heterocycles. The summed E-state index contributed by atoms with van der Waals surface area (Å²) in [6.07, 6.45) is 4.89. The van der Waals surface area contributed by atoms with Gasteiger partial charge >= 0.3 is 0 Å². The van der Waals surface area contributed by atoms with Gasteiger partial charge in [0.2, 0.25) is 0 Å².